The summed E-state index contributed by atoms with van der Waals surface area (Å²) in [4.78, 5) is 17.4. The quantitative estimate of drug-likeness (QED) is 0.521. The zero-order chi connectivity index (χ0) is 19.8. The molecule has 2 heterocycles. The van der Waals surface area contributed by atoms with Gasteiger partial charge in [-0.15, -0.1) is 0 Å². The number of halogens is 1. The number of carbonyl (C=O) groups excluding carboxylic acids is 1. The van der Waals surface area contributed by atoms with Crippen LogP contribution in [0.15, 0.2) is 54.7 Å². The second kappa shape index (κ2) is 7.09. The van der Waals surface area contributed by atoms with Crippen molar-refractivity contribution in [1.82, 2.24) is 14.6 Å². The summed E-state index contributed by atoms with van der Waals surface area (Å²) < 4.78 is 1.66. The van der Waals surface area contributed by atoms with Gasteiger partial charge in [-0.25, -0.2) is 9.50 Å². The van der Waals surface area contributed by atoms with Crippen molar-refractivity contribution in [3.63, 3.8) is 0 Å². The Morgan fingerprint density at radius 3 is 2.32 bits per heavy atom. The summed E-state index contributed by atoms with van der Waals surface area (Å²) in [5.74, 6) is -0.211. The molecule has 28 heavy (non-hydrogen) atoms. The molecule has 0 unspecified atom stereocenters. The molecule has 0 saturated carbocycles. The van der Waals surface area contributed by atoms with E-state index < -0.39 is 0 Å². The van der Waals surface area contributed by atoms with Crippen molar-refractivity contribution in [2.24, 2.45) is 0 Å². The number of hydrogen-bond acceptors (Lipinski definition) is 3. The lowest BCUT2D eigenvalue weighted by molar-refractivity contribution is 0.102. The van der Waals surface area contributed by atoms with Crippen LogP contribution in [0.2, 0.25) is 5.02 Å². The third-order valence-electron chi connectivity index (χ3n) is 4.66. The van der Waals surface area contributed by atoms with Crippen LogP contribution in [0, 0.1) is 20.8 Å². The Hall–Kier alpha value is -3.18. The molecule has 0 spiro atoms. The molecular weight excluding hydrogens is 372 g/mol. The van der Waals surface area contributed by atoms with Crippen LogP contribution < -0.4 is 5.32 Å². The number of hydrogen-bond donors (Lipinski definition) is 1. The number of aryl methyl sites for hydroxylation is 3. The maximum atomic E-state index is 12.8. The van der Waals surface area contributed by atoms with E-state index in [0.29, 0.717) is 21.9 Å². The highest BCUT2D eigenvalue weighted by molar-refractivity contribution is 6.30. The van der Waals surface area contributed by atoms with Gasteiger partial charge in [0.2, 0.25) is 0 Å². The van der Waals surface area contributed by atoms with Crippen molar-refractivity contribution in [2.45, 2.75) is 20.8 Å². The number of fused-ring (bicyclic) bond motifs is 1. The van der Waals surface area contributed by atoms with Crippen LogP contribution in [0.1, 0.15) is 27.3 Å². The third kappa shape index (κ3) is 3.37. The summed E-state index contributed by atoms with van der Waals surface area (Å²) in [6.45, 7) is 5.77. The molecule has 6 heteroatoms. The molecule has 2 aromatic heterocycles. The van der Waals surface area contributed by atoms with Crippen molar-refractivity contribution in [2.75, 3.05) is 5.32 Å². The summed E-state index contributed by atoms with van der Waals surface area (Å²) in [7, 11) is 0. The van der Waals surface area contributed by atoms with Crippen LogP contribution in [0.3, 0.4) is 0 Å². The van der Waals surface area contributed by atoms with Crippen LogP contribution in [-0.2, 0) is 0 Å². The Morgan fingerprint density at radius 2 is 1.64 bits per heavy atom. The highest BCUT2D eigenvalue weighted by Gasteiger charge is 2.18. The predicted molar refractivity (Wildman–Crippen MR) is 112 cm³/mol. The zero-order valence-electron chi connectivity index (χ0n) is 15.8. The second-order valence-corrected chi connectivity index (χ2v) is 7.23. The van der Waals surface area contributed by atoms with E-state index in [1.54, 1.807) is 10.7 Å². The number of nitrogens with one attached hydrogen (secondary N) is 1. The second-order valence-electron chi connectivity index (χ2n) is 6.80. The average molecular weight is 391 g/mol. The van der Waals surface area contributed by atoms with Crippen LogP contribution in [-0.4, -0.2) is 20.5 Å². The van der Waals surface area contributed by atoms with Gasteiger partial charge in [0.1, 0.15) is 0 Å². The fourth-order valence-electron chi connectivity index (χ4n) is 3.18. The first kappa shape index (κ1) is 18.2. The van der Waals surface area contributed by atoms with E-state index in [9.17, 15) is 4.79 Å². The fraction of sp³-hybridized carbons (Fsp3) is 0.136. The van der Waals surface area contributed by atoms with Crippen molar-refractivity contribution >= 4 is 28.8 Å². The van der Waals surface area contributed by atoms with Gasteiger partial charge in [0.25, 0.3) is 5.91 Å². The number of carbonyl (C=O) groups is 1. The molecule has 4 rings (SSSR count). The maximum absolute atomic E-state index is 12.8. The van der Waals surface area contributed by atoms with Gasteiger partial charge in [-0.3, -0.25) is 4.79 Å². The molecule has 0 saturated heterocycles. The Balaban J connectivity index is 1.74. The normalized spacial score (nSPS) is 11.0. The van der Waals surface area contributed by atoms with E-state index in [1.807, 2.05) is 69.3 Å². The fourth-order valence-corrected chi connectivity index (χ4v) is 3.31. The van der Waals surface area contributed by atoms with Crippen LogP contribution >= 0.6 is 11.6 Å². The number of rotatable bonds is 3. The highest BCUT2D eigenvalue weighted by Crippen LogP contribution is 2.29. The standard InChI is InChI=1S/C22H19ClN4O/c1-13-4-10-18(11-5-13)25-22(28)19-12-27-21(24-14(19)2)20(15(3)26-27)16-6-8-17(23)9-7-16/h4-12H,1-3H3,(H,25,28). The van der Waals surface area contributed by atoms with Crippen molar-refractivity contribution < 1.29 is 4.79 Å². The van der Waals surface area contributed by atoms with Crippen molar-refractivity contribution in [3.8, 4) is 11.1 Å². The SMILES string of the molecule is Cc1ccc(NC(=O)c2cn3nc(C)c(-c4ccc(Cl)cc4)c3nc2C)cc1. The summed E-state index contributed by atoms with van der Waals surface area (Å²) >= 11 is 6.01. The van der Waals surface area contributed by atoms with Crippen molar-refractivity contribution in [1.29, 1.82) is 0 Å². The lowest BCUT2D eigenvalue weighted by Gasteiger charge is -2.09. The molecule has 1 amide bonds. The number of benzene rings is 2. The summed E-state index contributed by atoms with van der Waals surface area (Å²) in [6, 6.07) is 15.3. The first-order chi connectivity index (χ1) is 13.4. The molecule has 140 valence electrons. The number of amides is 1. The van der Waals surface area contributed by atoms with Gasteiger partial charge >= 0.3 is 0 Å². The molecule has 0 aliphatic heterocycles. The number of anilines is 1. The topological polar surface area (TPSA) is 59.3 Å². The van der Waals surface area contributed by atoms with Crippen molar-refractivity contribution in [3.05, 3.63) is 82.3 Å². The molecule has 0 aliphatic carbocycles. The van der Waals surface area contributed by atoms with Gasteiger partial charge in [-0.1, -0.05) is 41.4 Å². The minimum atomic E-state index is -0.211. The van der Waals surface area contributed by atoms with Crippen LogP contribution in [0.5, 0.6) is 0 Å². The van der Waals surface area contributed by atoms with Gasteiger partial charge in [0.15, 0.2) is 5.65 Å². The molecule has 0 fully saturated rings. The molecular formula is C22H19ClN4O. The molecule has 2 aromatic carbocycles. The lowest BCUT2D eigenvalue weighted by Crippen LogP contribution is -2.15. The van der Waals surface area contributed by atoms with E-state index in [0.717, 1.165) is 28.1 Å². The minimum Gasteiger partial charge on any atom is -0.322 e. The molecule has 4 aromatic rings. The minimum absolute atomic E-state index is 0.211. The molecule has 1 N–H and O–H groups in total. The summed E-state index contributed by atoms with van der Waals surface area (Å²) in [5, 5.41) is 8.15. The van der Waals surface area contributed by atoms with Crippen LogP contribution in [0.25, 0.3) is 16.8 Å². The Morgan fingerprint density at radius 1 is 0.964 bits per heavy atom. The first-order valence-corrected chi connectivity index (χ1v) is 9.31. The molecule has 0 aliphatic rings. The summed E-state index contributed by atoms with van der Waals surface area (Å²) in [6.07, 6.45) is 1.73. The van der Waals surface area contributed by atoms with E-state index in [-0.39, 0.29) is 5.91 Å². The first-order valence-electron chi connectivity index (χ1n) is 8.93. The van der Waals surface area contributed by atoms with E-state index in [2.05, 4.69) is 15.4 Å². The summed E-state index contributed by atoms with van der Waals surface area (Å²) in [5.41, 5.74) is 6.48. The Bertz CT molecular complexity index is 1180. The lowest BCUT2D eigenvalue weighted by atomic mass is 10.1. The smallest absolute Gasteiger partial charge is 0.259 e. The van der Waals surface area contributed by atoms with E-state index >= 15 is 0 Å². The maximum Gasteiger partial charge on any atom is 0.259 e. The zero-order valence-corrected chi connectivity index (χ0v) is 16.6. The Kier molecular flexibility index (Phi) is 4.61. The van der Waals surface area contributed by atoms with Gasteiger partial charge in [0, 0.05) is 22.5 Å². The molecule has 5 nitrogen and oxygen atoms in total. The van der Waals surface area contributed by atoms with E-state index in [4.69, 9.17) is 11.6 Å². The van der Waals surface area contributed by atoms with Gasteiger partial charge < -0.3 is 5.32 Å². The molecule has 0 radical (unpaired) electrons. The van der Waals surface area contributed by atoms with E-state index in [1.165, 1.54) is 0 Å². The van der Waals surface area contributed by atoms with Gasteiger partial charge in [0.05, 0.1) is 17.0 Å². The average Bonchev–Trinajstić information content (AvgIpc) is 2.98. The third-order valence-corrected chi connectivity index (χ3v) is 4.91. The van der Waals surface area contributed by atoms with Gasteiger partial charge in [-0.05, 0) is 50.6 Å². The molecule has 0 bridgehead atoms. The molecule has 0 atom stereocenters. The largest absolute Gasteiger partial charge is 0.322 e. The highest BCUT2D eigenvalue weighted by atomic mass is 35.5. The predicted octanol–water partition coefficient (Wildman–Crippen LogP) is 5.23. The number of nitrogens with zero attached hydrogens (tertiary/aromatic N) is 3. The monoisotopic (exact) mass is 390 g/mol. The Labute approximate surface area is 168 Å². The number of aromatic nitrogens is 3. The van der Waals surface area contributed by atoms with Crippen LogP contribution in [0.4, 0.5) is 5.69 Å². The van der Waals surface area contributed by atoms with Gasteiger partial charge in [-0.2, -0.15) is 5.10 Å².